The maximum absolute atomic E-state index is 12.0. The van der Waals surface area contributed by atoms with Gasteiger partial charge < -0.3 is 15.4 Å². The Kier molecular flexibility index (Phi) is 6.12. The molecule has 0 radical (unpaired) electrons. The lowest BCUT2D eigenvalue weighted by Gasteiger charge is -2.18. The van der Waals surface area contributed by atoms with Crippen LogP contribution in [0, 0.1) is 15.5 Å². The summed E-state index contributed by atoms with van der Waals surface area (Å²) in [6.07, 6.45) is 0. The molecule has 8 nitrogen and oxygen atoms in total. The van der Waals surface area contributed by atoms with Crippen LogP contribution in [0.15, 0.2) is 48.5 Å². The van der Waals surface area contributed by atoms with Crippen LogP contribution in [0.1, 0.15) is 20.8 Å². The number of nitro groups is 1. The zero-order valence-electron chi connectivity index (χ0n) is 15.3. The van der Waals surface area contributed by atoms with Gasteiger partial charge in [-0.15, -0.1) is 0 Å². The fourth-order valence-electron chi connectivity index (χ4n) is 1.99. The van der Waals surface area contributed by atoms with Crippen molar-refractivity contribution in [3.63, 3.8) is 0 Å². The van der Waals surface area contributed by atoms with E-state index in [9.17, 15) is 19.7 Å². The van der Waals surface area contributed by atoms with Crippen molar-refractivity contribution >= 4 is 28.9 Å². The highest BCUT2D eigenvalue weighted by atomic mass is 16.6. The summed E-state index contributed by atoms with van der Waals surface area (Å²) in [7, 11) is 0. The minimum absolute atomic E-state index is 0.0571. The second-order valence-electron chi connectivity index (χ2n) is 6.87. The summed E-state index contributed by atoms with van der Waals surface area (Å²) in [6, 6.07) is 12.2. The number of benzene rings is 2. The number of rotatable bonds is 6. The van der Waals surface area contributed by atoms with Crippen molar-refractivity contribution in [2.24, 2.45) is 5.41 Å². The van der Waals surface area contributed by atoms with E-state index < -0.39 is 16.2 Å². The number of anilines is 2. The quantitative estimate of drug-likeness (QED) is 0.595. The average molecular weight is 371 g/mol. The van der Waals surface area contributed by atoms with E-state index in [4.69, 9.17) is 4.74 Å². The zero-order chi connectivity index (χ0) is 20.0. The second kappa shape index (κ2) is 8.31. The Morgan fingerprint density at radius 3 is 2.30 bits per heavy atom. The minimum atomic E-state index is -0.526. The maximum Gasteiger partial charge on any atom is 0.269 e. The molecule has 27 heavy (non-hydrogen) atoms. The van der Waals surface area contributed by atoms with Crippen LogP contribution in [-0.4, -0.2) is 23.3 Å². The lowest BCUT2D eigenvalue weighted by atomic mass is 9.95. The van der Waals surface area contributed by atoms with Crippen LogP contribution in [0.3, 0.4) is 0 Å². The van der Waals surface area contributed by atoms with E-state index in [1.54, 1.807) is 24.3 Å². The summed E-state index contributed by atoms with van der Waals surface area (Å²) in [4.78, 5) is 34.1. The third-order valence-electron chi connectivity index (χ3n) is 3.50. The Balaban J connectivity index is 1.90. The van der Waals surface area contributed by atoms with Crippen molar-refractivity contribution in [3.05, 3.63) is 58.6 Å². The van der Waals surface area contributed by atoms with Gasteiger partial charge in [-0.1, -0.05) is 26.8 Å². The topological polar surface area (TPSA) is 111 Å². The van der Waals surface area contributed by atoms with Crippen molar-refractivity contribution in [1.29, 1.82) is 0 Å². The average Bonchev–Trinajstić information content (AvgIpc) is 2.60. The van der Waals surface area contributed by atoms with Gasteiger partial charge in [-0.05, 0) is 24.3 Å². The van der Waals surface area contributed by atoms with Gasteiger partial charge >= 0.3 is 0 Å². The highest BCUT2D eigenvalue weighted by molar-refractivity contribution is 5.94. The Labute approximate surface area is 156 Å². The molecular weight excluding hydrogens is 350 g/mol. The van der Waals surface area contributed by atoms with Gasteiger partial charge in [0.1, 0.15) is 5.75 Å². The van der Waals surface area contributed by atoms with Crippen LogP contribution in [0.25, 0.3) is 0 Å². The molecule has 0 spiro atoms. The summed E-state index contributed by atoms with van der Waals surface area (Å²) in [5.41, 5.74) is 0.420. The molecule has 2 amide bonds. The first-order chi connectivity index (χ1) is 12.6. The van der Waals surface area contributed by atoms with Gasteiger partial charge in [-0.2, -0.15) is 0 Å². The van der Waals surface area contributed by atoms with Crippen LogP contribution in [0.5, 0.6) is 5.75 Å². The van der Waals surface area contributed by atoms with E-state index in [1.807, 2.05) is 20.8 Å². The smallest absolute Gasteiger partial charge is 0.269 e. The van der Waals surface area contributed by atoms with Crippen LogP contribution >= 0.6 is 0 Å². The molecule has 0 saturated heterocycles. The van der Waals surface area contributed by atoms with Crippen LogP contribution in [0.2, 0.25) is 0 Å². The SMILES string of the molecule is CC(C)(C)C(=O)Nc1cccc(OCC(=O)Nc2ccc([N+](=O)[O-])cc2)c1. The number of ether oxygens (including phenoxy) is 1. The Morgan fingerprint density at radius 2 is 1.70 bits per heavy atom. The molecule has 0 bridgehead atoms. The van der Waals surface area contributed by atoms with Crippen molar-refractivity contribution in [2.45, 2.75) is 20.8 Å². The fourth-order valence-corrected chi connectivity index (χ4v) is 1.99. The molecule has 0 atom stereocenters. The van der Waals surface area contributed by atoms with E-state index in [1.165, 1.54) is 24.3 Å². The predicted molar refractivity (Wildman–Crippen MR) is 102 cm³/mol. The van der Waals surface area contributed by atoms with Crippen LogP contribution < -0.4 is 15.4 Å². The number of hydrogen-bond acceptors (Lipinski definition) is 5. The van der Waals surface area contributed by atoms with Crippen molar-refractivity contribution in [3.8, 4) is 5.75 Å². The lowest BCUT2D eigenvalue weighted by molar-refractivity contribution is -0.384. The summed E-state index contributed by atoms with van der Waals surface area (Å²) >= 11 is 0. The molecule has 8 heteroatoms. The molecule has 2 rings (SSSR count). The summed E-state index contributed by atoms with van der Waals surface area (Å²) in [6.45, 7) is 5.19. The number of nitrogens with zero attached hydrogens (tertiary/aromatic N) is 1. The molecule has 0 fully saturated rings. The monoisotopic (exact) mass is 371 g/mol. The number of hydrogen-bond donors (Lipinski definition) is 2. The first-order valence-electron chi connectivity index (χ1n) is 8.24. The molecule has 2 aromatic rings. The molecule has 0 unspecified atom stereocenters. The standard InChI is InChI=1S/C19H21N3O5/c1-19(2,3)18(24)21-14-5-4-6-16(11-14)27-12-17(23)20-13-7-9-15(10-8-13)22(25)26/h4-11H,12H2,1-3H3,(H,20,23)(H,21,24). The van der Waals surface area contributed by atoms with Crippen LogP contribution in [0.4, 0.5) is 17.1 Å². The van der Waals surface area contributed by atoms with Gasteiger partial charge in [0, 0.05) is 35.0 Å². The maximum atomic E-state index is 12.0. The van der Waals surface area contributed by atoms with Crippen LogP contribution in [-0.2, 0) is 9.59 Å². The molecule has 0 heterocycles. The van der Waals surface area contributed by atoms with Crippen molar-refractivity contribution in [2.75, 3.05) is 17.2 Å². The number of nitrogens with one attached hydrogen (secondary N) is 2. The van der Waals surface area contributed by atoms with Gasteiger partial charge in [0.05, 0.1) is 4.92 Å². The molecular formula is C19H21N3O5. The molecule has 0 aliphatic heterocycles. The number of amides is 2. The van der Waals surface area contributed by atoms with E-state index in [2.05, 4.69) is 10.6 Å². The number of carbonyl (C=O) groups excluding carboxylic acids is 2. The largest absolute Gasteiger partial charge is 0.484 e. The molecule has 0 aliphatic rings. The van der Waals surface area contributed by atoms with Gasteiger partial charge in [0.15, 0.2) is 6.61 Å². The molecule has 142 valence electrons. The van der Waals surface area contributed by atoms with E-state index >= 15 is 0 Å². The van der Waals surface area contributed by atoms with Gasteiger partial charge in [0.2, 0.25) is 5.91 Å². The number of carbonyl (C=O) groups is 2. The second-order valence-corrected chi connectivity index (χ2v) is 6.87. The predicted octanol–water partition coefficient (Wildman–Crippen LogP) is 3.60. The highest BCUT2D eigenvalue weighted by Crippen LogP contribution is 2.21. The number of nitro benzene ring substituents is 1. The Morgan fingerprint density at radius 1 is 1.04 bits per heavy atom. The molecule has 2 aromatic carbocycles. The normalized spacial score (nSPS) is 10.8. The fraction of sp³-hybridized carbons (Fsp3) is 0.263. The molecule has 0 aliphatic carbocycles. The number of non-ortho nitro benzene ring substituents is 1. The summed E-state index contributed by atoms with van der Waals surface area (Å²) in [5.74, 6) is -0.107. The molecule has 0 saturated carbocycles. The zero-order valence-corrected chi connectivity index (χ0v) is 15.3. The van der Waals surface area contributed by atoms with Crippen molar-refractivity contribution in [1.82, 2.24) is 0 Å². The van der Waals surface area contributed by atoms with Gasteiger partial charge in [0.25, 0.3) is 11.6 Å². The third kappa shape index (κ3) is 6.10. The van der Waals surface area contributed by atoms with E-state index in [0.717, 1.165) is 0 Å². The summed E-state index contributed by atoms with van der Waals surface area (Å²) < 4.78 is 5.44. The van der Waals surface area contributed by atoms with Crippen molar-refractivity contribution < 1.29 is 19.2 Å². The summed E-state index contributed by atoms with van der Waals surface area (Å²) in [5, 5.41) is 16.0. The molecule has 2 N–H and O–H groups in total. The highest BCUT2D eigenvalue weighted by Gasteiger charge is 2.21. The van der Waals surface area contributed by atoms with Gasteiger partial charge in [-0.25, -0.2) is 0 Å². The first-order valence-corrected chi connectivity index (χ1v) is 8.24. The van der Waals surface area contributed by atoms with E-state index in [0.29, 0.717) is 17.1 Å². The van der Waals surface area contributed by atoms with Gasteiger partial charge in [-0.3, -0.25) is 19.7 Å². The molecule has 0 aromatic heterocycles. The first kappa shape index (κ1) is 19.9. The Hall–Kier alpha value is -3.42. The Bertz CT molecular complexity index is 841. The minimum Gasteiger partial charge on any atom is -0.484 e. The van der Waals surface area contributed by atoms with E-state index in [-0.39, 0.29) is 18.2 Å². The third-order valence-corrected chi connectivity index (χ3v) is 3.50. The lowest BCUT2D eigenvalue weighted by Crippen LogP contribution is -2.27.